The fourth-order valence-corrected chi connectivity index (χ4v) is 3.92. The predicted molar refractivity (Wildman–Crippen MR) is 88.5 cm³/mol. The summed E-state index contributed by atoms with van der Waals surface area (Å²) in [5.74, 6) is 0.422. The fraction of sp³-hybridized carbons (Fsp3) is 0.333. The van der Waals surface area contributed by atoms with Gasteiger partial charge in [0, 0.05) is 23.4 Å². The molecule has 3 rings (SSSR count). The molecule has 1 aromatic heterocycles. The Kier molecular flexibility index (Phi) is 4.48. The SMILES string of the molecule is Cc1noc(C2(O)CCN(S(=O)(=O)/C=C/c3ccccc3Cl)C2)n1. The lowest BCUT2D eigenvalue weighted by Gasteiger charge is -2.18. The largest absolute Gasteiger partial charge is 0.379 e. The molecule has 1 N–H and O–H groups in total. The van der Waals surface area contributed by atoms with Gasteiger partial charge < -0.3 is 9.63 Å². The standard InChI is InChI=1S/C15H16ClN3O4S/c1-11-17-14(23-18-11)15(20)7-8-19(10-15)24(21,22)9-6-12-4-2-3-5-13(12)16/h2-6,9,20H,7-8,10H2,1H3/b9-6+. The molecule has 24 heavy (non-hydrogen) atoms. The third-order valence-electron chi connectivity index (χ3n) is 3.82. The van der Waals surface area contributed by atoms with Crippen molar-refractivity contribution in [3.8, 4) is 0 Å². The summed E-state index contributed by atoms with van der Waals surface area (Å²) in [7, 11) is -3.70. The third kappa shape index (κ3) is 3.36. The van der Waals surface area contributed by atoms with Gasteiger partial charge in [-0.3, -0.25) is 0 Å². The van der Waals surface area contributed by atoms with E-state index in [1.54, 1.807) is 31.2 Å². The molecule has 0 amide bonds. The number of sulfonamides is 1. The average molecular weight is 370 g/mol. The Morgan fingerprint density at radius 1 is 1.42 bits per heavy atom. The van der Waals surface area contributed by atoms with Crippen molar-refractivity contribution >= 4 is 27.7 Å². The molecular weight excluding hydrogens is 354 g/mol. The van der Waals surface area contributed by atoms with Gasteiger partial charge in [0.2, 0.25) is 10.0 Å². The van der Waals surface area contributed by atoms with E-state index in [4.69, 9.17) is 16.1 Å². The molecule has 2 aromatic rings. The molecule has 1 atom stereocenters. The number of aliphatic hydroxyl groups is 1. The van der Waals surface area contributed by atoms with Crippen LogP contribution in [0.5, 0.6) is 0 Å². The monoisotopic (exact) mass is 369 g/mol. The van der Waals surface area contributed by atoms with Crippen molar-refractivity contribution in [1.29, 1.82) is 0 Å². The maximum Gasteiger partial charge on any atom is 0.260 e. The summed E-state index contributed by atoms with van der Waals surface area (Å²) >= 11 is 6.01. The molecule has 1 aliphatic heterocycles. The highest BCUT2D eigenvalue weighted by Gasteiger charge is 2.45. The van der Waals surface area contributed by atoms with Crippen LogP contribution in [0.15, 0.2) is 34.2 Å². The lowest BCUT2D eigenvalue weighted by Crippen LogP contribution is -2.33. The predicted octanol–water partition coefficient (Wildman–Crippen LogP) is 1.93. The number of benzene rings is 1. The van der Waals surface area contributed by atoms with E-state index in [9.17, 15) is 13.5 Å². The molecule has 7 nitrogen and oxygen atoms in total. The highest BCUT2D eigenvalue weighted by molar-refractivity contribution is 7.92. The zero-order valence-electron chi connectivity index (χ0n) is 12.9. The van der Waals surface area contributed by atoms with Crippen molar-refractivity contribution in [2.24, 2.45) is 0 Å². The van der Waals surface area contributed by atoms with Gasteiger partial charge in [-0.25, -0.2) is 8.42 Å². The topological polar surface area (TPSA) is 96.5 Å². The minimum absolute atomic E-state index is 0.0350. The van der Waals surface area contributed by atoms with Gasteiger partial charge >= 0.3 is 0 Å². The van der Waals surface area contributed by atoms with Crippen LogP contribution in [0.1, 0.15) is 23.7 Å². The van der Waals surface area contributed by atoms with Crippen LogP contribution in [0.2, 0.25) is 5.02 Å². The highest BCUT2D eigenvalue weighted by atomic mass is 35.5. The second-order valence-corrected chi connectivity index (χ2v) is 7.86. The zero-order chi connectivity index (χ0) is 17.4. The van der Waals surface area contributed by atoms with Crippen molar-refractivity contribution in [3.63, 3.8) is 0 Å². The van der Waals surface area contributed by atoms with E-state index in [0.717, 1.165) is 5.41 Å². The first kappa shape index (κ1) is 17.1. The summed E-state index contributed by atoms with van der Waals surface area (Å²) in [6, 6.07) is 6.93. The first-order valence-corrected chi connectivity index (χ1v) is 9.14. The molecule has 0 aliphatic carbocycles. The van der Waals surface area contributed by atoms with Gasteiger partial charge in [-0.1, -0.05) is 35.0 Å². The molecule has 0 bridgehead atoms. The highest BCUT2D eigenvalue weighted by Crippen LogP contribution is 2.32. The fourth-order valence-electron chi connectivity index (χ4n) is 2.49. The summed E-state index contributed by atoms with van der Waals surface area (Å²) in [5, 5.41) is 15.8. The summed E-state index contributed by atoms with van der Waals surface area (Å²) < 4.78 is 31.1. The van der Waals surface area contributed by atoms with Gasteiger partial charge in [0.25, 0.3) is 5.89 Å². The second-order valence-electron chi connectivity index (χ2n) is 5.63. The van der Waals surface area contributed by atoms with Crippen molar-refractivity contribution in [1.82, 2.24) is 14.4 Å². The van der Waals surface area contributed by atoms with E-state index in [0.29, 0.717) is 16.4 Å². The maximum atomic E-state index is 12.5. The van der Waals surface area contributed by atoms with Crippen molar-refractivity contribution < 1.29 is 18.0 Å². The lowest BCUT2D eigenvalue weighted by atomic mass is 10.0. The Balaban J connectivity index is 1.78. The molecule has 0 saturated carbocycles. The normalized spacial score (nSPS) is 22.5. The summed E-state index contributed by atoms with van der Waals surface area (Å²) in [6.45, 7) is 1.66. The average Bonchev–Trinajstić information content (AvgIpc) is 3.14. The van der Waals surface area contributed by atoms with Gasteiger partial charge in [0.05, 0.1) is 6.54 Å². The lowest BCUT2D eigenvalue weighted by molar-refractivity contribution is 0.0195. The van der Waals surface area contributed by atoms with Crippen molar-refractivity contribution in [3.05, 3.63) is 52.0 Å². The summed E-state index contributed by atoms with van der Waals surface area (Å²) in [5.41, 5.74) is -0.864. The number of β-amino-alcohol motifs (C(OH)–C–C–N with tert-alkyl or cyclic N) is 1. The molecule has 9 heteroatoms. The van der Waals surface area contributed by atoms with Crippen LogP contribution in [0.25, 0.3) is 6.08 Å². The Hall–Kier alpha value is -1.74. The van der Waals surface area contributed by atoms with Gasteiger partial charge in [-0.2, -0.15) is 9.29 Å². The molecule has 0 radical (unpaired) electrons. The van der Waals surface area contributed by atoms with Crippen LogP contribution < -0.4 is 0 Å². The minimum Gasteiger partial charge on any atom is -0.379 e. The van der Waals surface area contributed by atoms with Crippen LogP contribution >= 0.6 is 11.6 Å². The van der Waals surface area contributed by atoms with Crippen LogP contribution in [-0.2, 0) is 15.6 Å². The molecule has 1 aliphatic rings. The maximum absolute atomic E-state index is 12.5. The Labute approximate surface area is 144 Å². The zero-order valence-corrected chi connectivity index (χ0v) is 14.5. The molecule has 128 valence electrons. The van der Waals surface area contributed by atoms with E-state index in [-0.39, 0.29) is 25.4 Å². The van der Waals surface area contributed by atoms with E-state index < -0.39 is 15.6 Å². The number of aromatic nitrogens is 2. The van der Waals surface area contributed by atoms with Gasteiger partial charge in [-0.05, 0) is 24.6 Å². The number of hydrogen-bond donors (Lipinski definition) is 1. The number of nitrogens with zero attached hydrogens (tertiary/aromatic N) is 3. The first-order chi connectivity index (χ1) is 11.3. The van der Waals surface area contributed by atoms with Crippen molar-refractivity contribution in [2.45, 2.75) is 18.9 Å². The first-order valence-electron chi connectivity index (χ1n) is 7.26. The minimum atomic E-state index is -3.70. The van der Waals surface area contributed by atoms with Crippen LogP contribution in [0.3, 0.4) is 0 Å². The van der Waals surface area contributed by atoms with Gasteiger partial charge in [0.15, 0.2) is 11.4 Å². The Bertz CT molecular complexity index is 880. The van der Waals surface area contributed by atoms with Crippen LogP contribution in [0.4, 0.5) is 0 Å². The van der Waals surface area contributed by atoms with E-state index >= 15 is 0 Å². The smallest absolute Gasteiger partial charge is 0.260 e. The van der Waals surface area contributed by atoms with E-state index in [1.165, 1.54) is 10.4 Å². The Morgan fingerprint density at radius 3 is 2.83 bits per heavy atom. The number of hydrogen-bond acceptors (Lipinski definition) is 6. The number of halogens is 1. The van der Waals surface area contributed by atoms with Gasteiger partial charge in [0.1, 0.15) is 0 Å². The number of aryl methyl sites for hydroxylation is 1. The van der Waals surface area contributed by atoms with Crippen molar-refractivity contribution in [2.75, 3.05) is 13.1 Å². The van der Waals surface area contributed by atoms with Gasteiger partial charge in [-0.15, -0.1) is 0 Å². The molecule has 1 saturated heterocycles. The molecule has 1 unspecified atom stereocenters. The Morgan fingerprint density at radius 2 is 2.17 bits per heavy atom. The molecular formula is C15H16ClN3O4S. The third-order valence-corrected chi connectivity index (χ3v) is 5.68. The van der Waals surface area contributed by atoms with Crippen LogP contribution in [0, 0.1) is 6.92 Å². The molecule has 2 heterocycles. The summed E-state index contributed by atoms with van der Waals surface area (Å²) in [4.78, 5) is 4.00. The van der Waals surface area contributed by atoms with Crippen LogP contribution in [-0.4, -0.2) is 41.1 Å². The molecule has 1 fully saturated rings. The van der Waals surface area contributed by atoms with E-state index in [1.807, 2.05) is 0 Å². The summed E-state index contributed by atoms with van der Waals surface area (Å²) in [6.07, 6.45) is 1.62. The van der Waals surface area contributed by atoms with E-state index in [2.05, 4.69) is 10.1 Å². The molecule has 1 aromatic carbocycles. The quantitative estimate of drug-likeness (QED) is 0.884. The number of rotatable bonds is 4. The second kappa shape index (κ2) is 6.29. The molecule has 0 spiro atoms.